The highest BCUT2D eigenvalue weighted by Crippen LogP contribution is 2.31. The van der Waals surface area contributed by atoms with E-state index >= 15 is 0 Å². The van der Waals surface area contributed by atoms with E-state index in [-0.39, 0.29) is 5.75 Å². The standard InChI is InChI=1S/C13H18FNO2/c1-17-13-7-9(14)6-12(16)11(13)8-10-4-2-3-5-15-10/h6-7,10,15-16H,2-5,8H2,1H3. The fourth-order valence-corrected chi connectivity index (χ4v) is 2.33. The van der Waals surface area contributed by atoms with Crippen LogP contribution in [0.4, 0.5) is 4.39 Å². The second-order valence-electron chi connectivity index (χ2n) is 4.46. The summed E-state index contributed by atoms with van der Waals surface area (Å²) in [5.74, 6) is -0.0659. The average molecular weight is 239 g/mol. The zero-order valence-corrected chi connectivity index (χ0v) is 10.0. The maximum Gasteiger partial charge on any atom is 0.130 e. The third-order valence-corrected chi connectivity index (χ3v) is 3.23. The van der Waals surface area contributed by atoms with Crippen molar-refractivity contribution >= 4 is 0 Å². The third kappa shape index (κ3) is 2.88. The van der Waals surface area contributed by atoms with E-state index in [1.54, 1.807) is 0 Å². The summed E-state index contributed by atoms with van der Waals surface area (Å²) in [6.07, 6.45) is 4.15. The lowest BCUT2D eigenvalue weighted by Crippen LogP contribution is -2.35. The van der Waals surface area contributed by atoms with Crippen LogP contribution >= 0.6 is 0 Å². The number of phenolic OH excluding ortho intramolecular Hbond substituents is 1. The fourth-order valence-electron chi connectivity index (χ4n) is 2.33. The number of hydrogen-bond acceptors (Lipinski definition) is 3. The average Bonchev–Trinajstić information content (AvgIpc) is 2.33. The number of hydrogen-bond donors (Lipinski definition) is 2. The molecule has 0 bridgehead atoms. The van der Waals surface area contributed by atoms with Gasteiger partial charge in [0.1, 0.15) is 17.3 Å². The van der Waals surface area contributed by atoms with E-state index in [2.05, 4.69) is 5.32 Å². The lowest BCUT2D eigenvalue weighted by atomic mass is 9.96. The minimum absolute atomic E-state index is 0.0192. The molecule has 17 heavy (non-hydrogen) atoms. The molecular formula is C13H18FNO2. The van der Waals surface area contributed by atoms with E-state index in [0.717, 1.165) is 19.0 Å². The number of aromatic hydroxyl groups is 1. The highest BCUT2D eigenvalue weighted by Gasteiger charge is 2.18. The number of nitrogens with one attached hydrogen (secondary N) is 1. The van der Waals surface area contributed by atoms with Crippen LogP contribution in [-0.2, 0) is 6.42 Å². The second-order valence-corrected chi connectivity index (χ2v) is 4.46. The van der Waals surface area contributed by atoms with Gasteiger partial charge in [-0.15, -0.1) is 0 Å². The summed E-state index contributed by atoms with van der Waals surface area (Å²) in [5.41, 5.74) is 0.688. The largest absolute Gasteiger partial charge is 0.507 e. The molecule has 0 radical (unpaired) electrons. The highest BCUT2D eigenvalue weighted by atomic mass is 19.1. The van der Waals surface area contributed by atoms with E-state index in [0.29, 0.717) is 23.8 Å². The molecule has 1 aromatic carbocycles. The van der Waals surface area contributed by atoms with Crippen molar-refractivity contribution in [2.75, 3.05) is 13.7 Å². The van der Waals surface area contributed by atoms with Gasteiger partial charge in [-0.1, -0.05) is 6.42 Å². The van der Waals surface area contributed by atoms with Crippen LogP contribution in [0.15, 0.2) is 12.1 Å². The van der Waals surface area contributed by atoms with Gasteiger partial charge in [-0.05, 0) is 25.8 Å². The van der Waals surface area contributed by atoms with E-state index in [4.69, 9.17) is 4.74 Å². The molecule has 0 aromatic heterocycles. The first-order valence-corrected chi connectivity index (χ1v) is 5.99. The SMILES string of the molecule is COc1cc(F)cc(O)c1CC1CCCCN1. The smallest absolute Gasteiger partial charge is 0.130 e. The Bertz CT molecular complexity index is 389. The molecule has 4 heteroatoms. The Morgan fingerprint density at radius 2 is 2.29 bits per heavy atom. The van der Waals surface area contributed by atoms with Gasteiger partial charge in [-0.3, -0.25) is 0 Å². The van der Waals surface area contributed by atoms with E-state index in [1.807, 2.05) is 0 Å². The molecule has 0 amide bonds. The third-order valence-electron chi connectivity index (χ3n) is 3.23. The molecule has 1 saturated heterocycles. The van der Waals surface area contributed by atoms with Gasteiger partial charge in [0.15, 0.2) is 0 Å². The van der Waals surface area contributed by atoms with Crippen LogP contribution in [0.2, 0.25) is 0 Å². The van der Waals surface area contributed by atoms with Gasteiger partial charge in [-0.25, -0.2) is 4.39 Å². The van der Waals surface area contributed by atoms with Crippen molar-refractivity contribution in [1.29, 1.82) is 0 Å². The number of methoxy groups -OCH3 is 1. The van der Waals surface area contributed by atoms with Crippen molar-refractivity contribution in [2.24, 2.45) is 0 Å². The lowest BCUT2D eigenvalue weighted by Gasteiger charge is -2.24. The number of phenols is 1. The first-order chi connectivity index (χ1) is 8.20. The highest BCUT2D eigenvalue weighted by molar-refractivity contribution is 5.45. The van der Waals surface area contributed by atoms with Gasteiger partial charge >= 0.3 is 0 Å². The van der Waals surface area contributed by atoms with Crippen molar-refractivity contribution in [3.05, 3.63) is 23.5 Å². The quantitative estimate of drug-likeness (QED) is 0.850. The predicted octanol–water partition coefficient (Wildman–Crippen LogP) is 2.22. The molecule has 1 aliphatic rings. The van der Waals surface area contributed by atoms with Crippen LogP contribution in [0, 0.1) is 5.82 Å². The molecule has 0 aliphatic carbocycles. The van der Waals surface area contributed by atoms with Crippen LogP contribution in [0.3, 0.4) is 0 Å². The normalized spacial score (nSPS) is 20.2. The van der Waals surface area contributed by atoms with Crippen molar-refractivity contribution in [3.8, 4) is 11.5 Å². The van der Waals surface area contributed by atoms with Crippen molar-refractivity contribution < 1.29 is 14.2 Å². The molecule has 0 saturated carbocycles. The van der Waals surface area contributed by atoms with E-state index in [9.17, 15) is 9.50 Å². The zero-order valence-electron chi connectivity index (χ0n) is 10.0. The van der Waals surface area contributed by atoms with Gasteiger partial charge in [0.2, 0.25) is 0 Å². The Balaban J connectivity index is 2.18. The molecule has 1 aliphatic heterocycles. The lowest BCUT2D eigenvalue weighted by molar-refractivity contribution is 0.368. The summed E-state index contributed by atoms with van der Waals surface area (Å²) in [7, 11) is 1.49. The summed E-state index contributed by atoms with van der Waals surface area (Å²) in [4.78, 5) is 0. The zero-order chi connectivity index (χ0) is 12.3. The first-order valence-electron chi connectivity index (χ1n) is 5.99. The van der Waals surface area contributed by atoms with Gasteiger partial charge < -0.3 is 15.2 Å². The van der Waals surface area contributed by atoms with E-state index < -0.39 is 5.82 Å². The van der Waals surface area contributed by atoms with Crippen molar-refractivity contribution in [2.45, 2.75) is 31.7 Å². The topological polar surface area (TPSA) is 41.5 Å². The molecule has 1 unspecified atom stereocenters. The number of halogens is 1. The van der Waals surface area contributed by atoms with Crippen LogP contribution in [0.25, 0.3) is 0 Å². The molecule has 1 fully saturated rings. The number of rotatable bonds is 3. The molecule has 94 valence electrons. The van der Waals surface area contributed by atoms with Crippen LogP contribution in [0.1, 0.15) is 24.8 Å². The molecule has 3 nitrogen and oxygen atoms in total. The molecule has 0 spiro atoms. The molecule has 1 heterocycles. The molecule has 1 atom stereocenters. The summed E-state index contributed by atoms with van der Waals surface area (Å²) in [6, 6.07) is 2.80. The minimum atomic E-state index is -0.472. The maximum absolute atomic E-state index is 13.1. The van der Waals surface area contributed by atoms with Crippen LogP contribution in [-0.4, -0.2) is 24.8 Å². The molecule has 2 N–H and O–H groups in total. The summed E-state index contributed by atoms with van der Waals surface area (Å²) >= 11 is 0. The van der Waals surface area contributed by atoms with Crippen molar-refractivity contribution in [1.82, 2.24) is 5.32 Å². The van der Waals surface area contributed by atoms with Crippen molar-refractivity contribution in [3.63, 3.8) is 0 Å². The molecular weight excluding hydrogens is 221 g/mol. The monoisotopic (exact) mass is 239 g/mol. The predicted molar refractivity (Wildman–Crippen MR) is 64.0 cm³/mol. The van der Waals surface area contributed by atoms with Gasteiger partial charge in [0.25, 0.3) is 0 Å². The Morgan fingerprint density at radius 3 is 2.94 bits per heavy atom. The Morgan fingerprint density at radius 1 is 1.47 bits per heavy atom. The summed E-state index contributed by atoms with van der Waals surface area (Å²) < 4.78 is 18.2. The van der Waals surface area contributed by atoms with Crippen LogP contribution in [0.5, 0.6) is 11.5 Å². The number of ether oxygens (including phenoxy) is 1. The Kier molecular flexibility index (Phi) is 3.84. The maximum atomic E-state index is 13.1. The second kappa shape index (κ2) is 5.36. The van der Waals surface area contributed by atoms with E-state index in [1.165, 1.54) is 26.0 Å². The minimum Gasteiger partial charge on any atom is -0.507 e. The van der Waals surface area contributed by atoms with Crippen LogP contribution < -0.4 is 10.1 Å². The fraction of sp³-hybridized carbons (Fsp3) is 0.538. The molecule has 1 aromatic rings. The first kappa shape index (κ1) is 12.2. The summed E-state index contributed by atoms with van der Waals surface area (Å²) in [6.45, 7) is 1.01. The van der Waals surface area contributed by atoms with Gasteiger partial charge in [-0.2, -0.15) is 0 Å². The Hall–Kier alpha value is -1.29. The number of piperidine rings is 1. The van der Waals surface area contributed by atoms with Gasteiger partial charge in [0.05, 0.1) is 7.11 Å². The Labute approximate surface area is 101 Å². The van der Waals surface area contributed by atoms with Gasteiger partial charge in [0, 0.05) is 23.7 Å². The molecule has 2 rings (SSSR count). The summed E-state index contributed by atoms with van der Waals surface area (Å²) in [5, 5.41) is 13.2. The number of benzene rings is 1.